The van der Waals surface area contributed by atoms with Crippen molar-refractivity contribution in [2.45, 2.75) is 26.8 Å². The van der Waals surface area contributed by atoms with Gasteiger partial charge in [-0.2, -0.15) is 0 Å². The summed E-state index contributed by atoms with van der Waals surface area (Å²) in [6.07, 6.45) is 0.659. The Labute approximate surface area is 154 Å². The molecule has 1 heterocycles. The monoisotopic (exact) mass is 400 g/mol. The average Bonchev–Trinajstić information content (AvgIpc) is 2.59. The third-order valence-corrected chi connectivity index (χ3v) is 4.68. The van der Waals surface area contributed by atoms with Crippen molar-refractivity contribution in [2.75, 3.05) is 0 Å². The molecule has 0 fully saturated rings. The lowest BCUT2D eigenvalue weighted by atomic mass is 9.99. The van der Waals surface area contributed by atoms with Crippen molar-refractivity contribution >= 4 is 32.7 Å². The number of pyridine rings is 1. The summed E-state index contributed by atoms with van der Waals surface area (Å²) in [5.74, 6) is -0.494. The Balaban J connectivity index is 1.94. The zero-order valence-electron chi connectivity index (χ0n) is 14.1. The van der Waals surface area contributed by atoms with Crippen molar-refractivity contribution in [1.29, 1.82) is 0 Å². The van der Waals surface area contributed by atoms with Gasteiger partial charge in [0.15, 0.2) is 0 Å². The molecule has 1 aromatic heterocycles. The molecule has 0 radical (unpaired) electrons. The van der Waals surface area contributed by atoms with Gasteiger partial charge in [-0.3, -0.25) is 9.78 Å². The van der Waals surface area contributed by atoms with Crippen LogP contribution in [0, 0.1) is 12.7 Å². The van der Waals surface area contributed by atoms with Crippen LogP contribution in [0.25, 0.3) is 10.9 Å². The first-order chi connectivity index (χ1) is 12.0. The zero-order valence-corrected chi connectivity index (χ0v) is 15.7. The maximum absolute atomic E-state index is 13.3. The summed E-state index contributed by atoms with van der Waals surface area (Å²) in [7, 11) is 0. The number of halogens is 2. The van der Waals surface area contributed by atoms with Crippen molar-refractivity contribution < 1.29 is 9.18 Å². The molecule has 1 amide bonds. The maximum Gasteiger partial charge on any atom is 0.253 e. The molecule has 5 heteroatoms. The number of amides is 1. The number of carbonyl (C=O) groups excluding carboxylic acids is 1. The fourth-order valence-electron chi connectivity index (χ4n) is 2.94. The molecule has 0 aliphatic heterocycles. The van der Waals surface area contributed by atoms with E-state index in [2.05, 4.69) is 26.2 Å². The standard InChI is InChI=1S/C20H18BrFN2O/c1-3-17-19(12(2)16-8-7-14(21)10-18(16)24-17)20(25)23-11-13-5-4-6-15(22)9-13/h4-10H,3,11H2,1-2H3,(H,23,25). The second-order valence-corrected chi connectivity index (χ2v) is 6.80. The van der Waals surface area contributed by atoms with Crippen molar-refractivity contribution in [1.82, 2.24) is 10.3 Å². The smallest absolute Gasteiger partial charge is 0.253 e. The van der Waals surface area contributed by atoms with E-state index in [-0.39, 0.29) is 18.3 Å². The van der Waals surface area contributed by atoms with Gasteiger partial charge in [-0.25, -0.2) is 4.39 Å². The molecule has 0 saturated heterocycles. The summed E-state index contributed by atoms with van der Waals surface area (Å²) < 4.78 is 14.2. The summed E-state index contributed by atoms with van der Waals surface area (Å²) in [4.78, 5) is 17.4. The Kier molecular flexibility index (Phi) is 5.13. The quantitative estimate of drug-likeness (QED) is 0.673. The van der Waals surface area contributed by atoms with Gasteiger partial charge in [-0.15, -0.1) is 0 Å². The number of carbonyl (C=O) groups is 1. The summed E-state index contributed by atoms with van der Waals surface area (Å²) in [6, 6.07) is 12.1. The minimum absolute atomic E-state index is 0.184. The number of hydrogen-bond donors (Lipinski definition) is 1. The highest BCUT2D eigenvalue weighted by Gasteiger charge is 2.17. The van der Waals surface area contributed by atoms with Gasteiger partial charge < -0.3 is 5.32 Å². The van der Waals surface area contributed by atoms with Crippen LogP contribution in [0.15, 0.2) is 46.9 Å². The van der Waals surface area contributed by atoms with Crippen LogP contribution in [0.1, 0.15) is 34.1 Å². The number of aryl methyl sites for hydroxylation is 2. The van der Waals surface area contributed by atoms with Crippen LogP contribution in [0.2, 0.25) is 0 Å². The fraction of sp³-hybridized carbons (Fsp3) is 0.200. The molecule has 1 N–H and O–H groups in total. The van der Waals surface area contributed by atoms with Gasteiger partial charge in [0.05, 0.1) is 16.8 Å². The first-order valence-corrected chi connectivity index (χ1v) is 8.90. The molecule has 128 valence electrons. The van der Waals surface area contributed by atoms with Crippen LogP contribution in [0.3, 0.4) is 0 Å². The van der Waals surface area contributed by atoms with E-state index in [1.807, 2.05) is 32.0 Å². The largest absolute Gasteiger partial charge is 0.348 e. The predicted octanol–water partition coefficient (Wildman–Crippen LogP) is 4.94. The maximum atomic E-state index is 13.3. The van der Waals surface area contributed by atoms with E-state index in [4.69, 9.17) is 0 Å². The Hall–Kier alpha value is -2.27. The van der Waals surface area contributed by atoms with Crippen LogP contribution >= 0.6 is 15.9 Å². The van der Waals surface area contributed by atoms with Crippen molar-refractivity contribution in [2.24, 2.45) is 0 Å². The molecule has 3 nitrogen and oxygen atoms in total. The number of benzene rings is 2. The fourth-order valence-corrected chi connectivity index (χ4v) is 3.29. The second kappa shape index (κ2) is 7.31. The molecule has 0 aliphatic rings. The molecule has 3 aromatic rings. The van der Waals surface area contributed by atoms with Gasteiger partial charge in [0.25, 0.3) is 5.91 Å². The lowest BCUT2D eigenvalue weighted by Crippen LogP contribution is -2.25. The van der Waals surface area contributed by atoms with E-state index in [0.717, 1.165) is 32.2 Å². The zero-order chi connectivity index (χ0) is 18.0. The molecule has 0 spiro atoms. The first kappa shape index (κ1) is 17.5. The predicted molar refractivity (Wildman–Crippen MR) is 101 cm³/mol. The van der Waals surface area contributed by atoms with E-state index in [1.165, 1.54) is 12.1 Å². The van der Waals surface area contributed by atoms with Gasteiger partial charge in [0, 0.05) is 16.4 Å². The third-order valence-electron chi connectivity index (χ3n) is 4.19. The summed E-state index contributed by atoms with van der Waals surface area (Å²) in [5, 5.41) is 3.83. The highest BCUT2D eigenvalue weighted by molar-refractivity contribution is 9.10. The minimum atomic E-state index is -0.310. The molecule has 25 heavy (non-hydrogen) atoms. The van der Waals surface area contributed by atoms with E-state index in [0.29, 0.717) is 12.0 Å². The second-order valence-electron chi connectivity index (χ2n) is 5.89. The van der Waals surface area contributed by atoms with Gasteiger partial charge in [0.1, 0.15) is 5.82 Å². The van der Waals surface area contributed by atoms with Crippen molar-refractivity contribution in [3.63, 3.8) is 0 Å². The topological polar surface area (TPSA) is 42.0 Å². The molecule has 0 aliphatic carbocycles. The van der Waals surface area contributed by atoms with E-state index >= 15 is 0 Å². The molecule has 3 rings (SSSR count). The minimum Gasteiger partial charge on any atom is -0.348 e. The number of aromatic nitrogens is 1. The SMILES string of the molecule is CCc1nc2cc(Br)ccc2c(C)c1C(=O)NCc1cccc(F)c1. The number of fused-ring (bicyclic) bond motifs is 1. The molecule has 0 saturated carbocycles. The van der Waals surface area contributed by atoms with Crippen molar-refractivity contribution in [3.05, 3.63) is 75.1 Å². The van der Waals surface area contributed by atoms with Gasteiger partial charge >= 0.3 is 0 Å². The lowest BCUT2D eigenvalue weighted by molar-refractivity contribution is 0.0949. The Bertz CT molecular complexity index is 956. The summed E-state index contributed by atoms with van der Waals surface area (Å²) >= 11 is 3.46. The Morgan fingerprint density at radius 1 is 1.24 bits per heavy atom. The van der Waals surface area contributed by atoms with Gasteiger partial charge in [-0.1, -0.05) is 41.1 Å². The molecule has 0 unspecified atom stereocenters. The van der Waals surface area contributed by atoms with E-state index in [1.54, 1.807) is 12.1 Å². The third kappa shape index (κ3) is 3.71. The van der Waals surface area contributed by atoms with Crippen LogP contribution in [0.4, 0.5) is 4.39 Å². The van der Waals surface area contributed by atoms with E-state index in [9.17, 15) is 9.18 Å². The Morgan fingerprint density at radius 2 is 2.04 bits per heavy atom. The van der Waals surface area contributed by atoms with E-state index < -0.39 is 0 Å². The highest BCUT2D eigenvalue weighted by Crippen LogP contribution is 2.26. The molecular weight excluding hydrogens is 383 g/mol. The normalized spacial score (nSPS) is 10.9. The summed E-state index contributed by atoms with van der Waals surface area (Å²) in [5.41, 5.74) is 3.87. The van der Waals surface area contributed by atoms with Crippen LogP contribution in [0.5, 0.6) is 0 Å². The number of rotatable bonds is 4. The lowest BCUT2D eigenvalue weighted by Gasteiger charge is -2.14. The highest BCUT2D eigenvalue weighted by atomic mass is 79.9. The molecule has 0 atom stereocenters. The number of nitrogens with zero attached hydrogens (tertiary/aromatic N) is 1. The summed E-state index contributed by atoms with van der Waals surface area (Å²) in [6.45, 7) is 4.20. The van der Waals surface area contributed by atoms with Crippen LogP contribution in [-0.4, -0.2) is 10.9 Å². The molecule has 2 aromatic carbocycles. The molecular formula is C20H18BrFN2O. The molecule has 0 bridgehead atoms. The van der Waals surface area contributed by atoms with Gasteiger partial charge in [0.2, 0.25) is 0 Å². The van der Waals surface area contributed by atoms with Crippen molar-refractivity contribution in [3.8, 4) is 0 Å². The first-order valence-electron chi connectivity index (χ1n) is 8.11. The average molecular weight is 401 g/mol. The van der Waals surface area contributed by atoms with Crippen LogP contribution < -0.4 is 5.32 Å². The number of nitrogens with one attached hydrogen (secondary N) is 1. The number of hydrogen-bond acceptors (Lipinski definition) is 2. The Morgan fingerprint density at radius 3 is 2.76 bits per heavy atom. The van der Waals surface area contributed by atoms with Gasteiger partial charge in [-0.05, 0) is 48.7 Å². The van der Waals surface area contributed by atoms with Crippen LogP contribution in [-0.2, 0) is 13.0 Å².